The number of ether oxygens (including phenoxy) is 1. The van der Waals surface area contributed by atoms with Crippen molar-refractivity contribution >= 4 is 11.9 Å². The van der Waals surface area contributed by atoms with E-state index in [1.807, 2.05) is 13.8 Å². The van der Waals surface area contributed by atoms with Gasteiger partial charge in [-0.1, -0.05) is 13.8 Å². The summed E-state index contributed by atoms with van der Waals surface area (Å²) in [5.74, 6) is 1.78. The van der Waals surface area contributed by atoms with Gasteiger partial charge in [-0.3, -0.25) is 0 Å². The topological polar surface area (TPSA) is 86.0 Å². The number of nitrogens with one attached hydrogen (secondary N) is 1. The van der Waals surface area contributed by atoms with E-state index in [1.54, 1.807) is 0 Å². The highest BCUT2D eigenvalue weighted by molar-refractivity contribution is 5.32. The van der Waals surface area contributed by atoms with Crippen LogP contribution in [0.25, 0.3) is 0 Å². The van der Waals surface area contributed by atoms with Crippen molar-refractivity contribution in [2.24, 2.45) is 0 Å². The van der Waals surface area contributed by atoms with Gasteiger partial charge in [0.2, 0.25) is 11.9 Å². The minimum absolute atomic E-state index is 0.239. The normalized spacial score (nSPS) is 20.5. The first-order valence-electron chi connectivity index (χ1n) is 6.01. The summed E-state index contributed by atoms with van der Waals surface area (Å²) in [6.45, 7) is 5.60. The maximum Gasteiger partial charge on any atom is 0.228 e. The molecule has 1 aromatic rings. The summed E-state index contributed by atoms with van der Waals surface area (Å²) in [4.78, 5) is 12.6. The van der Waals surface area contributed by atoms with Crippen LogP contribution in [0.5, 0.6) is 0 Å². The van der Waals surface area contributed by atoms with Crippen LogP contribution in [-0.2, 0) is 4.74 Å². The van der Waals surface area contributed by atoms with Gasteiger partial charge < -0.3 is 15.8 Å². The molecule has 0 aliphatic carbocycles. The first-order valence-corrected chi connectivity index (χ1v) is 6.01. The summed E-state index contributed by atoms with van der Waals surface area (Å²) < 4.78 is 5.40. The average molecular weight is 237 g/mol. The Labute approximate surface area is 101 Å². The third-order valence-electron chi connectivity index (χ3n) is 2.68. The van der Waals surface area contributed by atoms with Crippen molar-refractivity contribution in [2.45, 2.75) is 38.6 Å². The molecule has 6 heteroatoms. The molecule has 6 nitrogen and oxygen atoms in total. The highest BCUT2D eigenvalue weighted by atomic mass is 16.5. The predicted molar refractivity (Wildman–Crippen MR) is 65.8 cm³/mol. The summed E-state index contributed by atoms with van der Waals surface area (Å²) in [6, 6.07) is 0.269. The first-order chi connectivity index (χ1) is 8.15. The summed E-state index contributed by atoms with van der Waals surface area (Å²) in [7, 11) is 0. The molecule has 0 saturated carbocycles. The largest absolute Gasteiger partial charge is 0.379 e. The molecule has 0 bridgehead atoms. The van der Waals surface area contributed by atoms with Crippen LogP contribution in [0.3, 0.4) is 0 Å². The number of anilines is 2. The standard InChI is InChI=1S/C11H19N5O/c1-7(2)9-14-10(12)16-11(15-9)13-8-4-3-5-17-6-8/h7-8H,3-6H2,1-2H3,(H3,12,13,14,15,16). The minimum Gasteiger partial charge on any atom is -0.379 e. The molecule has 1 unspecified atom stereocenters. The lowest BCUT2D eigenvalue weighted by Gasteiger charge is -2.23. The third-order valence-corrected chi connectivity index (χ3v) is 2.68. The zero-order chi connectivity index (χ0) is 12.3. The fraction of sp³-hybridized carbons (Fsp3) is 0.727. The van der Waals surface area contributed by atoms with Gasteiger partial charge in [0, 0.05) is 12.5 Å². The van der Waals surface area contributed by atoms with E-state index >= 15 is 0 Å². The Morgan fingerprint density at radius 3 is 2.82 bits per heavy atom. The fourth-order valence-corrected chi connectivity index (χ4v) is 1.77. The van der Waals surface area contributed by atoms with Gasteiger partial charge >= 0.3 is 0 Å². The van der Waals surface area contributed by atoms with Gasteiger partial charge in [-0.05, 0) is 12.8 Å². The van der Waals surface area contributed by atoms with Gasteiger partial charge in [0.1, 0.15) is 5.82 Å². The van der Waals surface area contributed by atoms with E-state index in [2.05, 4.69) is 20.3 Å². The van der Waals surface area contributed by atoms with E-state index in [-0.39, 0.29) is 17.9 Å². The van der Waals surface area contributed by atoms with Crippen molar-refractivity contribution < 1.29 is 4.74 Å². The number of hydrogen-bond donors (Lipinski definition) is 2. The molecule has 1 aromatic heterocycles. The molecular formula is C11H19N5O. The van der Waals surface area contributed by atoms with E-state index in [1.165, 1.54) is 0 Å². The number of rotatable bonds is 3. The van der Waals surface area contributed by atoms with Gasteiger partial charge in [-0.25, -0.2) is 0 Å². The summed E-state index contributed by atoms with van der Waals surface area (Å²) in [5.41, 5.74) is 5.67. The summed E-state index contributed by atoms with van der Waals surface area (Å²) in [6.07, 6.45) is 2.14. The highest BCUT2D eigenvalue weighted by Crippen LogP contribution is 2.15. The zero-order valence-electron chi connectivity index (χ0n) is 10.3. The maximum atomic E-state index is 5.67. The second-order valence-electron chi connectivity index (χ2n) is 4.59. The van der Waals surface area contributed by atoms with Crippen molar-refractivity contribution in [3.63, 3.8) is 0 Å². The lowest BCUT2D eigenvalue weighted by atomic mass is 10.1. The van der Waals surface area contributed by atoms with Crippen LogP contribution in [0.2, 0.25) is 0 Å². The van der Waals surface area contributed by atoms with E-state index in [4.69, 9.17) is 10.5 Å². The average Bonchev–Trinajstić information content (AvgIpc) is 2.29. The van der Waals surface area contributed by atoms with Crippen LogP contribution >= 0.6 is 0 Å². The molecule has 2 heterocycles. The van der Waals surface area contributed by atoms with Crippen molar-refractivity contribution in [1.82, 2.24) is 15.0 Å². The minimum atomic E-state index is 0.239. The van der Waals surface area contributed by atoms with Crippen LogP contribution < -0.4 is 11.1 Å². The van der Waals surface area contributed by atoms with Gasteiger partial charge in [-0.15, -0.1) is 0 Å². The lowest BCUT2D eigenvalue weighted by Crippen LogP contribution is -2.31. The van der Waals surface area contributed by atoms with Crippen molar-refractivity contribution in [3.05, 3.63) is 5.82 Å². The molecule has 1 fully saturated rings. The lowest BCUT2D eigenvalue weighted by molar-refractivity contribution is 0.0874. The second kappa shape index (κ2) is 5.27. The first kappa shape index (κ1) is 12.0. The second-order valence-corrected chi connectivity index (χ2v) is 4.59. The van der Waals surface area contributed by atoms with Gasteiger partial charge in [0.25, 0.3) is 0 Å². The van der Waals surface area contributed by atoms with Gasteiger partial charge in [0.15, 0.2) is 0 Å². The Bertz CT molecular complexity index is 376. The van der Waals surface area contributed by atoms with Crippen molar-refractivity contribution in [1.29, 1.82) is 0 Å². The molecule has 0 spiro atoms. The number of hydrogen-bond acceptors (Lipinski definition) is 6. The van der Waals surface area contributed by atoms with Crippen molar-refractivity contribution in [2.75, 3.05) is 24.3 Å². The Kier molecular flexibility index (Phi) is 3.73. The van der Waals surface area contributed by atoms with Crippen LogP contribution in [0.4, 0.5) is 11.9 Å². The van der Waals surface area contributed by atoms with Crippen LogP contribution in [-0.4, -0.2) is 34.2 Å². The Balaban J connectivity index is 2.09. The van der Waals surface area contributed by atoms with E-state index in [0.717, 1.165) is 25.3 Å². The number of nitrogens with zero attached hydrogens (tertiary/aromatic N) is 3. The zero-order valence-corrected chi connectivity index (χ0v) is 10.3. The third kappa shape index (κ3) is 3.26. The molecule has 1 aliphatic rings. The molecule has 1 saturated heterocycles. The number of nitrogens with two attached hydrogens (primary N) is 1. The Hall–Kier alpha value is -1.43. The summed E-state index contributed by atoms with van der Waals surface area (Å²) >= 11 is 0. The quantitative estimate of drug-likeness (QED) is 0.820. The van der Waals surface area contributed by atoms with Crippen LogP contribution in [0.15, 0.2) is 0 Å². The molecular weight excluding hydrogens is 218 g/mol. The molecule has 0 radical (unpaired) electrons. The molecule has 2 rings (SSSR count). The van der Waals surface area contributed by atoms with Gasteiger partial charge in [-0.2, -0.15) is 15.0 Å². The molecule has 1 atom stereocenters. The molecule has 17 heavy (non-hydrogen) atoms. The Morgan fingerprint density at radius 1 is 1.35 bits per heavy atom. The van der Waals surface area contributed by atoms with Crippen molar-refractivity contribution in [3.8, 4) is 0 Å². The van der Waals surface area contributed by atoms with E-state index in [9.17, 15) is 0 Å². The smallest absolute Gasteiger partial charge is 0.228 e. The maximum absolute atomic E-state index is 5.67. The molecule has 1 aliphatic heterocycles. The number of nitrogen functional groups attached to an aromatic ring is 1. The molecule has 94 valence electrons. The fourth-order valence-electron chi connectivity index (χ4n) is 1.77. The summed E-state index contributed by atoms with van der Waals surface area (Å²) in [5, 5.41) is 3.25. The predicted octanol–water partition coefficient (Wildman–Crippen LogP) is 1.17. The van der Waals surface area contributed by atoms with E-state index < -0.39 is 0 Å². The van der Waals surface area contributed by atoms with Gasteiger partial charge in [0.05, 0.1) is 12.6 Å². The Morgan fingerprint density at radius 2 is 2.18 bits per heavy atom. The number of aromatic nitrogens is 3. The molecule has 0 amide bonds. The van der Waals surface area contributed by atoms with E-state index in [0.29, 0.717) is 12.6 Å². The SMILES string of the molecule is CC(C)c1nc(N)nc(NC2CCCOC2)n1. The molecule has 3 N–H and O–H groups in total. The van der Waals surface area contributed by atoms with Crippen LogP contribution in [0.1, 0.15) is 38.4 Å². The monoisotopic (exact) mass is 237 g/mol. The molecule has 0 aromatic carbocycles. The van der Waals surface area contributed by atoms with Crippen LogP contribution in [0, 0.1) is 0 Å². The highest BCUT2D eigenvalue weighted by Gasteiger charge is 2.16.